The Balaban J connectivity index is 2.22. The Labute approximate surface area is 205 Å². The summed E-state index contributed by atoms with van der Waals surface area (Å²) in [5.74, 6) is -2.27. The smallest absolute Gasteiger partial charge is 0.394 e. The van der Waals surface area contributed by atoms with E-state index in [1.165, 1.54) is 70.6 Å². The van der Waals surface area contributed by atoms with Gasteiger partial charge in [-0.15, -0.1) is 0 Å². The summed E-state index contributed by atoms with van der Waals surface area (Å²) in [4.78, 5) is 0. The van der Waals surface area contributed by atoms with Gasteiger partial charge >= 0.3 is 10.4 Å². The highest BCUT2D eigenvalue weighted by molar-refractivity contribution is 7.80. The van der Waals surface area contributed by atoms with Crippen molar-refractivity contribution in [2.75, 3.05) is 6.61 Å². The maximum absolute atomic E-state index is 11.3. The molecule has 0 aromatic carbocycles. The van der Waals surface area contributed by atoms with E-state index in [4.69, 9.17) is 9.29 Å². The Morgan fingerprint density at radius 2 is 1.15 bits per heavy atom. The average Bonchev–Trinajstić information content (AvgIpc) is 2.78. The van der Waals surface area contributed by atoms with E-state index in [2.05, 4.69) is 11.1 Å². The molecule has 0 aromatic heterocycles. The molecular weight excluding hydrogens is 464 g/mol. The lowest BCUT2D eigenvalue weighted by Crippen LogP contribution is -2.66. The first kappa shape index (κ1) is 31.7. The molecule has 1 heterocycles. The molecule has 0 amide bonds. The molecule has 1 aliphatic rings. The summed E-state index contributed by atoms with van der Waals surface area (Å²) in [7, 11) is -5.02. The van der Waals surface area contributed by atoms with Crippen LogP contribution in [0.1, 0.15) is 116 Å². The van der Waals surface area contributed by atoms with Gasteiger partial charge in [-0.25, -0.2) is 4.18 Å². The summed E-state index contributed by atoms with van der Waals surface area (Å²) in [5.41, 5.74) is 0. The molecule has 10 heteroatoms. The predicted molar refractivity (Wildman–Crippen MR) is 130 cm³/mol. The van der Waals surface area contributed by atoms with Crippen LogP contribution in [0.25, 0.3) is 0 Å². The standard InChI is InChI=1S/C24H48O9S/c1-2-3-4-5-6-7-8-9-10-11-12-13-14-15-16-17-18-24(33-34(29,30)31)23(28)22(27)21(26)20(19-25)32-24/h20-23,25-28H,2-19H2,1H3,(H,29,30,31)/t20-,21-,22+,23-,24?/m1/s1. The molecule has 1 unspecified atom stereocenters. The zero-order valence-electron chi connectivity index (χ0n) is 20.8. The normalized spacial score (nSPS) is 27.8. The number of aliphatic hydroxyl groups excluding tert-OH is 4. The molecule has 0 bridgehead atoms. The lowest BCUT2D eigenvalue weighted by molar-refractivity contribution is -0.340. The lowest BCUT2D eigenvalue weighted by atomic mass is 9.89. The molecule has 204 valence electrons. The summed E-state index contributed by atoms with van der Waals surface area (Å²) in [6, 6.07) is 0. The van der Waals surface area contributed by atoms with E-state index in [1.54, 1.807) is 0 Å². The van der Waals surface area contributed by atoms with Crippen LogP contribution in [0.4, 0.5) is 0 Å². The summed E-state index contributed by atoms with van der Waals surface area (Å²) in [6.07, 6.45) is 11.8. The first-order valence-corrected chi connectivity index (χ1v) is 14.5. The number of hydrogen-bond donors (Lipinski definition) is 5. The van der Waals surface area contributed by atoms with Gasteiger partial charge in [-0.3, -0.25) is 4.55 Å². The van der Waals surface area contributed by atoms with Gasteiger partial charge in [0, 0.05) is 6.42 Å². The molecule has 0 aliphatic carbocycles. The van der Waals surface area contributed by atoms with Gasteiger partial charge in [0.2, 0.25) is 5.79 Å². The van der Waals surface area contributed by atoms with Crippen LogP contribution in [0.15, 0.2) is 0 Å². The van der Waals surface area contributed by atoms with Gasteiger partial charge in [0.15, 0.2) is 0 Å². The summed E-state index contributed by atoms with van der Waals surface area (Å²) in [6.45, 7) is 1.52. The summed E-state index contributed by atoms with van der Waals surface area (Å²) < 4.78 is 41.8. The second-order valence-corrected chi connectivity index (χ2v) is 10.7. The van der Waals surface area contributed by atoms with Crippen LogP contribution >= 0.6 is 0 Å². The minimum atomic E-state index is -5.02. The minimum Gasteiger partial charge on any atom is -0.394 e. The molecule has 1 aliphatic heterocycles. The molecule has 0 aromatic rings. The highest BCUT2D eigenvalue weighted by Crippen LogP contribution is 2.36. The third-order valence-electron chi connectivity index (χ3n) is 6.66. The number of aliphatic hydroxyl groups is 4. The van der Waals surface area contributed by atoms with Gasteiger partial charge in [-0.2, -0.15) is 8.42 Å². The van der Waals surface area contributed by atoms with E-state index in [0.29, 0.717) is 12.8 Å². The van der Waals surface area contributed by atoms with Crippen molar-refractivity contribution in [1.82, 2.24) is 0 Å². The van der Waals surface area contributed by atoms with Gasteiger partial charge in [0.25, 0.3) is 0 Å². The van der Waals surface area contributed by atoms with Gasteiger partial charge in [-0.1, -0.05) is 103 Å². The number of rotatable bonds is 20. The van der Waals surface area contributed by atoms with E-state index in [-0.39, 0.29) is 6.42 Å². The van der Waals surface area contributed by atoms with Crippen LogP contribution in [0.2, 0.25) is 0 Å². The Hall–Kier alpha value is -0.330. The third-order valence-corrected chi connectivity index (χ3v) is 7.15. The quantitative estimate of drug-likeness (QED) is 0.121. The molecule has 1 saturated heterocycles. The van der Waals surface area contributed by atoms with Crippen LogP contribution < -0.4 is 0 Å². The largest absolute Gasteiger partial charge is 0.400 e. The van der Waals surface area contributed by atoms with Gasteiger partial charge in [0.05, 0.1) is 6.61 Å². The third kappa shape index (κ3) is 12.1. The SMILES string of the molecule is CCCCCCCCCCCCCCCCCCC1(OS(=O)(=O)O)O[C@H](CO)[C@@H](O)[C@H](O)[C@H]1O. The van der Waals surface area contributed by atoms with Crippen molar-refractivity contribution in [3.05, 3.63) is 0 Å². The van der Waals surface area contributed by atoms with Crippen molar-refractivity contribution in [3.63, 3.8) is 0 Å². The fourth-order valence-corrected chi connectivity index (χ4v) is 5.20. The Bertz CT molecular complexity index is 614. The van der Waals surface area contributed by atoms with Crippen LogP contribution in [0.3, 0.4) is 0 Å². The second kappa shape index (κ2) is 17.2. The van der Waals surface area contributed by atoms with Crippen LogP contribution in [-0.2, 0) is 19.3 Å². The molecular formula is C24H48O9S. The molecule has 5 N–H and O–H groups in total. The molecule has 9 nitrogen and oxygen atoms in total. The van der Waals surface area contributed by atoms with Crippen molar-refractivity contribution < 1.29 is 42.3 Å². The number of hydrogen-bond acceptors (Lipinski definition) is 8. The average molecular weight is 513 g/mol. The van der Waals surface area contributed by atoms with E-state index in [9.17, 15) is 28.8 Å². The van der Waals surface area contributed by atoms with Crippen LogP contribution in [-0.4, -0.2) is 70.2 Å². The molecule has 1 rings (SSSR count). The van der Waals surface area contributed by atoms with Gasteiger partial charge < -0.3 is 25.2 Å². The highest BCUT2D eigenvalue weighted by Gasteiger charge is 2.56. The van der Waals surface area contributed by atoms with Crippen molar-refractivity contribution >= 4 is 10.4 Å². The van der Waals surface area contributed by atoms with Crippen molar-refractivity contribution in [2.24, 2.45) is 0 Å². The fourth-order valence-electron chi connectivity index (χ4n) is 4.62. The first-order chi connectivity index (χ1) is 16.2. The Morgan fingerprint density at radius 3 is 1.53 bits per heavy atom. The van der Waals surface area contributed by atoms with E-state index in [0.717, 1.165) is 19.3 Å². The lowest BCUT2D eigenvalue weighted by Gasteiger charge is -2.47. The Morgan fingerprint density at radius 1 is 0.735 bits per heavy atom. The molecule has 1 fully saturated rings. The topological polar surface area (TPSA) is 154 Å². The highest BCUT2D eigenvalue weighted by atomic mass is 32.3. The zero-order valence-corrected chi connectivity index (χ0v) is 21.6. The minimum absolute atomic E-state index is 0.132. The summed E-state index contributed by atoms with van der Waals surface area (Å²) >= 11 is 0. The van der Waals surface area contributed by atoms with Crippen molar-refractivity contribution in [1.29, 1.82) is 0 Å². The summed E-state index contributed by atoms with van der Waals surface area (Å²) in [5, 5.41) is 39.7. The number of ether oxygens (including phenoxy) is 1. The van der Waals surface area contributed by atoms with Crippen molar-refractivity contribution in [2.45, 2.75) is 146 Å². The maximum atomic E-state index is 11.3. The monoisotopic (exact) mass is 512 g/mol. The molecule has 0 spiro atoms. The molecule has 0 radical (unpaired) electrons. The molecule has 5 atom stereocenters. The first-order valence-electron chi connectivity index (χ1n) is 13.2. The predicted octanol–water partition coefficient (Wildman–Crippen LogP) is 3.63. The molecule has 34 heavy (non-hydrogen) atoms. The van der Waals surface area contributed by atoms with Crippen LogP contribution in [0, 0.1) is 0 Å². The number of unbranched alkanes of at least 4 members (excludes halogenated alkanes) is 15. The van der Waals surface area contributed by atoms with Crippen LogP contribution in [0.5, 0.6) is 0 Å². The maximum Gasteiger partial charge on any atom is 0.400 e. The van der Waals surface area contributed by atoms with E-state index in [1.807, 2.05) is 0 Å². The van der Waals surface area contributed by atoms with Gasteiger partial charge in [0.1, 0.15) is 24.4 Å². The van der Waals surface area contributed by atoms with Gasteiger partial charge in [-0.05, 0) is 6.42 Å². The van der Waals surface area contributed by atoms with E-state index >= 15 is 0 Å². The second-order valence-electron chi connectivity index (χ2n) is 9.64. The zero-order chi connectivity index (χ0) is 25.5. The Kier molecular flexibility index (Phi) is 16.0. The fraction of sp³-hybridized carbons (Fsp3) is 1.00. The van der Waals surface area contributed by atoms with E-state index < -0.39 is 47.2 Å². The molecule has 0 saturated carbocycles. The van der Waals surface area contributed by atoms with Crippen molar-refractivity contribution in [3.8, 4) is 0 Å².